The van der Waals surface area contributed by atoms with Gasteiger partial charge in [-0.3, -0.25) is 0 Å². The van der Waals surface area contributed by atoms with Gasteiger partial charge in [0, 0.05) is 12.6 Å². The first-order chi connectivity index (χ1) is 14.3. The summed E-state index contributed by atoms with van der Waals surface area (Å²) in [5, 5.41) is 2.63. The van der Waals surface area contributed by atoms with Crippen molar-refractivity contribution in [2.75, 3.05) is 26.4 Å². The second-order valence-electron chi connectivity index (χ2n) is 7.67. The molecule has 0 aromatic heterocycles. The van der Waals surface area contributed by atoms with Gasteiger partial charge in [0.25, 0.3) is 0 Å². The van der Waals surface area contributed by atoms with Crippen molar-refractivity contribution in [2.45, 2.75) is 77.9 Å². The Morgan fingerprint density at radius 3 is 2.30 bits per heavy atom. The van der Waals surface area contributed by atoms with Gasteiger partial charge in [-0.25, -0.2) is 4.39 Å². The zero-order chi connectivity index (χ0) is 22.6. The number of hydrogen-bond donors (Lipinski definition) is 1. The van der Waals surface area contributed by atoms with Crippen molar-refractivity contribution in [3.8, 4) is 5.75 Å². The molecule has 0 bridgehead atoms. The summed E-state index contributed by atoms with van der Waals surface area (Å²) in [6, 6.07) is 2.97. The summed E-state index contributed by atoms with van der Waals surface area (Å²) >= 11 is 0. The van der Waals surface area contributed by atoms with Gasteiger partial charge in [0.05, 0.1) is 13.2 Å². The fourth-order valence-corrected chi connectivity index (χ4v) is 3.73. The van der Waals surface area contributed by atoms with E-state index in [0.29, 0.717) is 18.6 Å². The topological polar surface area (TPSA) is 30.5 Å². The van der Waals surface area contributed by atoms with E-state index in [1.165, 1.54) is 12.1 Å². The molecule has 1 atom stereocenters. The Labute approximate surface area is 178 Å². The third kappa shape index (κ3) is 9.21. The van der Waals surface area contributed by atoms with Crippen LogP contribution in [0.25, 0.3) is 0 Å². The predicted molar refractivity (Wildman–Crippen MR) is 113 cm³/mol. The van der Waals surface area contributed by atoms with Gasteiger partial charge in [0.1, 0.15) is 24.2 Å². The van der Waals surface area contributed by atoms with E-state index >= 15 is 0 Å². The molecule has 1 unspecified atom stereocenters. The molecule has 7 heteroatoms. The lowest BCUT2D eigenvalue weighted by atomic mass is 9.83. The number of hydrogen-bond acceptors (Lipinski definition) is 3. The maximum Gasteiger partial charge on any atom is 0.404 e. The Bertz CT molecular complexity index is 587. The fraction of sp³-hybridized carbons (Fsp3) is 0.739. The molecule has 0 heterocycles. The summed E-state index contributed by atoms with van der Waals surface area (Å²) in [6.07, 6.45) is -0.240. The third-order valence-corrected chi connectivity index (χ3v) is 5.17. The largest absolute Gasteiger partial charge is 0.491 e. The second-order valence-corrected chi connectivity index (χ2v) is 7.67. The zero-order valence-electron chi connectivity index (χ0n) is 18.7. The van der Waals surface area contributed by atoms with E-state index in [-0.39, 0.29) is 44.0 Å². The average molecular weight is 436 g/mol. The Morgan fingerprint density at radius 1 is 1.03 bits per heavy atom. The molecule has 0 amide bonds. The molecule has 1 aliphatic carbocycles. The molecule has 0 aliphatic heterocycles. The van der Waals surface area contributed by atoms with Gasteiger partial charge in [0.15, 0.2) is 0 Å². The number of rotatable bonds is 10. The highest BCUT2D eigenvalue weighted by Gasteiger charge is 2.44. The summed E-state index contributed by atoms with van der Waals surface area (Å²) in [4.78, 5) is 0. The van der Waals surface area contributed by atoms with Crippen molar-refractivity contribution in [2.24, 2.45) is 5.92 Å². The highest BCUT2D eigenvalue weighted by atomic mass is 19.4. The summed E-state index contributed by atoms with van der Waals surface area (Å²) < 4.78 is 64.3. The molecular weight excluding hydrogens is 398 g/mol. The SMILES string of the molecule is CC.CC(C)c1ccc(F)cc1OCCOCCNC(C1CCCCC1)C(F)(F)F. The monoisotopic (exact) mass is 435 g/mol. The Morgan fingerprint density at radius 2 is 1.70 bits per heavy atom. The highest BCUT2D eigenvalue weighted by Crippen LogP contribution is 2.34. The van der Waals surface area contributed by atoms with Gasteiger partial charge in [0.2, 0.25) is 0 Å². The first kappa shape index (κ1) is 26.7. The zero-order valence-corrected chi connectivity index (χ0v) is 18.7. The maximum atomic E-state index is 13.4. The normalized spacial score (nSPS) is 16.2. The van der Waals surface area contributed by atoms with Crippen LogP contribution in [-0.2, 0) is 4.74 Å². The molecule has 30 heavy (non-hydrogen) atoms. The van der Waals surface area contributed by atoms with Crippen molar-refractivity contribution < 1.29 is 27.0 Å². The predicted octanol–water partition coefficient (Wildman–Crippen LogP) is 6.47. The van der Waals surface area contributed by atoms with Gasteiger partial charge in [-0.15, -0.1) is 0 Å². The smallest absolute Gasteiger partial charge is 0.404 e. The Balaban J connectivity index is 0.00000218. The molecule has 0 radical (unpaired) electrons. The first-order valence-corrected chi connectivity index (χ1v) is 11.1. The molecule has 3 nitrogen and oxygen atoms in total. The first-order valence-electron chi connectivity index (χ1n) is 11.1. The minimum absolute atomic E-state index is 0.137. The standard InChI is InChI=1S/C21H31F4NO2.C2H6/c1-15(2)18-9-8-17(22)14-19(18)28-13-12-27-11-10-26-20(21(23,24)25)16-6-4-3-5-7-16;1-2/h8-9,14-16,20,26H,3-7,10-13H2,1-2H3;1-2H3. The van der Waals surface area contributed by atoms with Gasteiger partial charge in [-0.2, -0.15) is 13.2 Å². The summed E-state index contributed by atoms with van der Waals surface area (Å²) in [5.41, 5.74) is 0.906. The molecule has 1 N–H and O–H groups in total. The van der Waals surface area contributed by atoms with Gasteiger partial charge < -0.3 is 14.8 Å². The molecule has 0 spiro atoms. The Kier molecular flexibility index (Phi) is 12.3. The van der Waals surface area contributed by atoms with Crippen LogP contribution in [0.4, 0.5) is 17.6 Å². The van der Waals surface area contributed by atoms with Gasteiger partial charge in [-0.05, 0) is 36.3 Å². The molecular formula is C23H37F4NO2. The molecule has 174 valence electrons. The van der Waals surface area contributed by atoms with Crippen molar-refractivity contribution in [3.63, 3.8) is 0 Å². The fourth-order valence-electron chi connectivity index (χ4n) is 3.73. The Hall–Kier alpha value is -1.34. The molecule has 1 fully saturated rings. The van der Waals surface area contributed by atoms with Crippen LogP contribution in [0.2, 0.25) is 0 Å². The number of nitrogens with one attached hydrogen (secondary N) is 1. The lowest BCUT2D eigenvalue weighted by Gasteiger charge is -2.32. The van der Waals surface area contributed by atoms with Crippen LogP contribution in [0.3, 0.4) is 0 Å². The molecule has 0 saturated heterocycles. The van der Waals surface area contributed by atoms with E-state index in [2.05, 4.69) is 5.32 Å². The van der Waals surface area contributed by atoms with E-state index in [9.17, 15) is 17.6 Å². The van der Waals surface area contributed by atoms with Crippen LogP contribution >= 0.6 is 0 Å². The van der Waals surface area contributed by atoms with E-state index in [1.54, 1.807) is 6.07 Å². The molecule has 1 saturated carbocycles. The van der Waals surface area contributed by atoms with Crippen LogP contribution in [0.5, 0.6) is 5.75 Å². The lowest BCUT2D eigenvalue weighted by molar-refractivity contribution is -0.170. The molecule has 1 aromatic rings. The van der Waals surface area contributed by atoms with Gasteiger partial charge >= 0.3 is 6.18 Å². The number of ether oxygens (including phenoxy) is 2. The van der Waals surface area contributed by atoms with Gasteiger partial charge in [-0.1, -0.05) is 53.0 Å². The minimum Gasteiger partial charge on any atom is -0.491 e. The average Bonchev–Trinajstić information content (AvgIpc) is 2.71. The highest BCUT2D eigenvalue weighted by molar-refractivity contribution is 5.36. The van der Waals surface area contributed by atoms with E-state index < -0.39 is 12.2 Å². The number of benzene rings is 1. The van der Waals surface area contributed by atoms with Crippen LogP contribution in [-0.4, -0.2) is 38.6 Å². The third-order valence-electron chi connectivity index (χ3n) is 5.17. The lowest BCUT2D eigenvalue weighted by Crippen LogP contribution is -2.49. The maximum absolute atomic E-state index is 13.4. The van der Waals surface area contributed by atoms with E-state index in [0.717, 1.165) is 24.8 Å². The van der Waals surface area contributed by atoms with Crippen LogP contribution < -0.4 is 10.1 Å². The van der Waals surface area contributed by atoms with Crippen molar-refractivity contribution in [3.05, 3.63) is 29.6 Å². The summed E-state index contributed by atoms with van der Waals surface area (Å²) in [5.74, 6) is -0.0455. The van der Waals surface area contributed by atoms with Crippen LogP contribution in [0.15, 0.2) is 18.2 Å². The van der Waals surface area contributed by atoms with Crippen LogP contribution in [0.1, 0.15) is 71.3 Å². The van der Waals surface area contributed by atoms with E-state index in [1.807, 2.05) is 27.7 Å². The minimum atomic E-state index is -4.24. The number of alkyl halides is 3. The number of halogens is 4. The van der Waals surface area contributed by atoms with Crippen molar-refractivity contribution >= 4 is 0 Å². The quantitative estimate of drug-likeness (QED) is 0.337. The molecule has 1 aromatic carbocycles. The molecule has 1 aliphatic rings. The summed E-state index contributed by atoms with van der Waals surface area (Å²) in [7, 11) is 0. The summed E-state index contributed by atoms with van der Waals surface area (Å²) in [6.45, 7) is 8.74. The molecule has 2 rings (SSSR count). The van der Waals surface area contributed by atoms with Crippen LogP contribution in [0, 0.1) is 11.7 Å². The van der Waals surface area contributed by atoms with E-state index in [4.69, 9.17) is 9.47 Å². The van der Waals surface area contributed by atoms with Crippen molar-refractivity contribution in [1.82, 2.24) is 5.32 Å². The van der Waals surface area contributed by atoms with Crippen molar-refractivity contribution in [1.29, 1.82) is 0 Å². The second kappa shape index (κ2) is 13.9.